The minimum atomic E-state index is -0.293. The number of rotatable bonds is 8. The molecule has 2 N–H and O–H groups in total. The first-order valence-corrected chi connectivity index (χ1v) is 7.20. The summed E-state index contributed by atoms with van der Waals surface area (Å²) in [6.45, 7) is 4.11. The van der Waals surface area contributed by atoms with E-state index in [0.717, 1.165) is 5.56 Å². The first kappa shape index (κ1) is 17.3. The predicted molar refractivity (Wildman–Crippen MR) is 81.6 cm³/mol. The Morgan fingerprint density at radius 2 is 1.86 bits per heavy atom. The van der Waals surface area contributed by atoms with Gasteiger partial charge in [0.15, 0.2) is 11.5 Å². The number of nitrogens with two attached hydrogens (primary N) is 1. The third-order valence-corrected chi connectivity index (χ3v) is 3.47. The van der Waals surface area contributed by atoms with Gasteiger partial charge in [0, 0.05) is 6.04 Å². The normalized spacial score (nSPS) is 13.4. The molecule has 0 bridgehead atoms. The molecule has 0 aliphatic heterocycles. The van der Waals surface area contributed by atoms with E-state index in [1.165, 1.54) is 0 Å². The summed E-state index contributed by atoms with van der Waals surface area (Å²) in [5.74, 6) is 0.810. The van der Waals surface area contributed by atoms with Gasteiger partial charge in [0.25, 0.3) is 0 Å². The van der Waals surface area contributed by atoms with Crippen LogP contribution in [0.15, 0.2) is 18.2 Å². The molecule has 0 saturated carbocycles. The highest BCUT2D eigenvalue weighted by molar-refractivity contribution is 5.73. The van der Waals surface area contributed by atoms with Crippen molar-refractivity contribution in [2.24, 2.45) is 11.7 Å². The first-order valence-electron chi connectivity index (χ1n) is 7.20. The van der Waals surface area contributed by atoms with Crippen molar-refractivity contribution in [2.45, 2.75) is 32.7 Å². The Balaban J connectivity index is 2.81. The average molecular weight is 295 g/mol. The Hall–Kier alpha value is -1.75. The average Bonchev–Trinajstić information content (AvgIpc) is 2.48. The quantitative estimate of drug-likeness (QED) is 0.744. The van der Waals surface area contributed by atoms with Crippen LogP contribution in [0.1, 0.15) is 25.8 Å². The van der Waals surface area contributed by atoms with Crippen LogP contribution in [0.2, 0.25) is 0 Å². The molecule has 0 fully saturated rings. The number of hydrogen-bond donors (Lipinski definition) is 1. The molecule has 0 unspecified atom stereocenters. The van der Waals surface area contributed by atoms with Gasteiger partial charge in [0.2, 0.25) is 0 Å². The van der Waals surface area contributed by atoms with Crippen molar-refractivity contribution in [3.8, 4) is 11.5 Å². The Labute approximate surface area is 126 Å². The lowest BCUT2D eigenvalue weighted by atomic mass is 9.92. The molecule has 1 aromatic carbocycles. The fourth-order valence-electron chi connectivity index (χ4n) is 2.32. The third kappa shape index (κ3) is 4.63. The summed E-state index contributed by atoms with van der Waals surface area (Å²) >= 11 is 0. The zero-order valence-corrected chi connectivity index (χ0v) is 13.2. The van der Waals surface area contributed by atoms with Gasteiger partial charge in [0.05, 0.1) is 26.7 Å². The van der Waals surface area contributed by atoms with Crippen molar-refractivity contribution in [1.29, 1.82) is 0 Å². The van der Waals surface area contributed by atoms with Gasteiger partial charge in [-0.1, -0.05) is 13.0 Å². The van der Waals surface area contributed by atoms with E-state index in [9.17, 15) is 4.79 Å². The smallest absolute Gasteiger partial charge is 0.310 e. The standard InChI is InChI=1S/C16H25NO4/c1-5-12(16(18)21-6-2)13(17)9-11-7-8-14(19-3)15(10-11)20-4/h7-8,10,12-13H,5-6,9,17H2,1-4H3/t12-,13-/m1/s1. The second-order valence-corrected chi connectivity index (χ2v) is 4.82. The van der Waals surface area contributed by atoms with Crippen LogP contribution in [0.4, 0.5) is 0 Å². The number of methoxy groups -OCH3 is 2. The maximum atomic E-state index is 11.9. The molecule has 0 aliphatic carbocycles. The molecule has 0 radical (unpaired) electrons. The molecule has 0 saturated heterocycles. The van der Waals surface area contributed by atoms with Crippen molar-refractivity contribution in [3.05, 3.63) is 23.8 Å². The van der Waals surface area contributed by atoms with E-state index in [1.807, 2.05) is 25.1 Å². The van der Waals surface area contributed by atoms with Gasteiger partial charge >= 0.3 is 5.97 Å². The van der Waals surface area contributed by atoms with Crippen LogP contribution >= 0.6 is 0 Å². The van der Waals surface area contributed by atoms with Crippen LogP contribution in [-0.4, -0.2) is 32.8 Å². The van der Waals surface area contributed by atoms with Crippen LogP contribution < -0.4 is 15.2 Å². The van der Waals surface area contributed by atoms with E-state index in [2.05, 4.69) is 0 Å². The molecule has 1 aromatic rings. The third-order valence-electron chi connectivity index (χ3n) is 3.47. The van der Waals surface area contributed by atoms with E-state index >= 15 is 0 Å². The Kier molecular flexibility index (Phi) is 7.02. The molecule has 118 valence electrons. The largest absolute Gasteiger partial charge is 0.493 e. The monoisotopic (exact) mass is 295 g/mol. The second-order valence-electron chi connectivity index (χ2n) is 4.82. The number of carbonyl (C=O) groups excluding carboxylic acids is 1. The van der Waals surface area contributed by atoms with Crippen molar-refractivity contribution in [2.75, 3.05) is 20.8 Å². The molecule has 5 heteroatoms. The van der Waals surface area contributed by atoms with Gasteiger partial charge in [0.1, 0.15) is 0 Å². The lowest BCUT2D eigenvalue weighted by Gasteiger charge is -2.21. The highest BCUT2D eigenvalue weighted by Gasteiger charge is 2.25. The predicted octanol–water partition coefficient (Wildman–Crippen LogP) is 2.16. The molecule has 0 heterocycles. The number of hydrogen-bond acceptors (Lipinski definition) is 5. The minimum Gasteiger partial charge on any atom is -0.493 e. The molecule has 1 rings (SSSR count). The van der Waals surface area contributed by atoms with Crippen molar-refractivity contribution in [1.82, 2.24) is 0 Å². The number of ether oxygens (including phenoxy) is 3. The maximum absolute atomic E-state index is 11.9. The Morgan fingerprint density at radius 1 is 1.19 bits per heavy atom. The van der Waals surface area contributed by atoms with Gasteiger partial charge in [-0.15, -0.1) is 0 Å². The van der Waals surface area contributed by atoms with Gasteiger partial charge in [-0.25, -0.2) is 0 Å². The molecular formula is C16H25NO4. The highest BCUT2D eigenvalue weighted by atomic mass is 16.5. The summed E-state index contributed by atoms with van der Waals surface area (Å²) < 4.78 is 15.5. The van der Waals surface area contributed by atoms with Crippen molar-refractivity contribution < 1.29 is 19.0 Å². The van der Waals surface area contributed by atoms with E-state index in [0.29, 0.717) is 30.9 Å². The summed E-state index contributed by atoms with van der Waals surface area (Å²) in [4.78, 5) is 11.9. The highest BCUT2D eigenvalue weighted by Crippen LogP contribution is 2.28. The zero-order chi connectivity index (χ0) is 15.8. The van der Waals surface area contributed by atoms with Crippen LogP contribution in [0.25, 0.3) is 0 Å². The van der Waals surface area contributed by atoms with Crippen molar-refractivity contribution in [3.63, 3.8) is 0 Å². The summed E-state index contributed by atoms with van der Waals surface area (Å²) in [6.07, 6.45) is 1.24. The number of benzene rings is 1. The van der Waals surface area contributed by atoms with Crippen LogP contribution in [0.3, 0.4) is 0 Å². The van der Waals surface area contributed by atoms with Gasteiger partial charge in [-0.3, -0.25) is 4.79 Å². The molecule has 0 aromatic heterocycles. The maximum Gasteiger partial charge on any atom is 0.310 e. The molecular weight excluding hydrogens is 270 g/mol. The Bertz CT molecular complexity index is 462. The summed E-state index contributed by atoms with van der Waals surface area (Å²) in [6, 6.07) is 5.37. The number of carbonyl (C=O) groups is 1. The van der Waals surface area contributed by atoms with Gasteiger partial charge in [-0.05, 0) is 37.5 Å². The SMILES string of the molecule is CCOC(=O)[C@H](CC)[C@H](N)Cc1ccc(OC)c(OC)c1. The molecule has 5 nitrogen and oxygen atoms in total. The molecule has 0 aliphatic rings. The second kappa shape index (κ2) is 8.52. The van der Waals surface area contributed by atoms with Gasteiger partial charge < -0.3 is 19.9 Å². The van der Waals surface area contributed by atoms with E-state index in [1.54, 1.807) is 21.1 Å². The summed E-state index contributed by atoms with van der Waals surface area (Å²) in [5.41, 5.74) is 7.18. The lowest BCUT2D eigenvalue weighted by molar-refractivity contribution is -0.148. The Morgan fingerprint density at radius 3 is 2.38 bits per heavy atom. The summed E-state index contributed by atoms with van der Waals surface area (Å²) in [5, 5.41) is 0. The number of esters is 1. The van der Waals surface area contributed by atoms with Crippen LogP contribution in [0, 0.1) is 5.92 Å². The van der Waals surface area contributed by atoms with Gasteiger partial charge in [-0.2, -0.15) is 0 Å². The van der Waals surface area contributed by atoms with Crippen molar-refractivity contribution >= 4 is 5.97 Å². The van der Waals surface area contributed by atoms with E-state index in [-0.39, 0.29) is 17.9 Å². The van der Waals surface area contributed by atoms with Crippen LogP contribution in [-0.2, 0) is 16.0 Å². The topological polar surface area (TPSA) is 70.8 Å². The zero-order valence-electron chi connectivity index (χ0n) is 13.2. The van der Waals surface area contributed by atoms with Crippen LogP contribution in [0.5, 0.6) is 11.5 Å². The lowest BCUT2D eigenvalue weighted by Crippen LogP contribution is -2.38. The molecule has 0 amide bonds. The molecule has 2 atom stereocenters. The minimum absolute atomic E-state index is 0.229. The van der Waals surface area contributed by atoms with E-state index < -0.39 is 0 Å². The fraction of sp³-hybridized carbons (Fsp3) is 0.562. The summed E-state index contributed by atoms with van der Waals surface area (Å²) in [7, 11) is 3.19. The van der Waals surface area contributed by atoms with E-state index in [4.69, 9.17) is 19.9 Å². The fourth-order valence-corrected chi connectivity index (χ4v) is 2.32. The first-order chi connectivity index (χ1) is 10.1. The molecule has 0 spiro atoms. The molecule has 21 heavy (non-hydrogen) atoms.